The van der Waals surface area contributed by atoms with Gasteiger partial charge in [0, 0.05) is 25.5 Å². The minimum Gasteiger partial charge on any atom is -0.482 e. The van der Waals surface area contributed by atoms with Crippen molar-refractivity contribution in [1.82, 2.24) is 15.2 Å². The number of nitrogens with one attached hydrogen (secondary N) is 1. The van der Waals surface area contributed by atoms with Crippen molar-refractivity contribution in [2.75, 3.05) is 6.61 Å². The van der Waals surface area contributed by atoms with Crippen LogP contribution >= 0.6 is 11.6 Å². The van der Waals surface area contributed by atoms with Crippen LogP contribution in [-0.2, 0) is 22.7 Å². The number of hydrogen-bond acceptors (Lipinski definition) is 4. The Kier molecular flexibility index (Phi) is 8.16. The zero-order valence-electron chi connectivity index (χ0n) is 17.5. The smallest absolute Gasteiger partial charge is 0.261 e. The molecule has 2 aromatic carbocycles. The normalized spacial score (nSPS) is 11.5. The van der Waals surface area contributed by atoms with E-state index >= 15 is 0 Å². The SMILES string of the molecule is C[C@@H](C(=O)NCc1cccnc1)N(Cc1ccc(F)cc1)C(=O)COc1ccccc1Cl. The molecule has 3 rings (SSSR count). The highest BCUT2D eigenvalue weighted by molar-refractivity contribution is 6.32. The van der Waals surface area contributed by atoms with Gasteiger partial charge >= 0.3 is 0 Å². The monoisotopic (exact) mass is 455 g/mol. The molecule has 0 aliphatic carbocycles. The molecule has 0 aliphatic rings. The number of nitrogens with zero attached hydrogens (tertiary/aromatic N) is 2. The van der Waals surface area contributed by atoms with Crippen LogP contribution in [0.5, 0.6) is 5.75 Å². The highest BCUT2D eigenvalue weighted by atomic mass is 35.5. The Morgan fingerprint density at radius 3 is 2.53 bits per heavy atom. The molecule has 0 saturated heterocycles. The number of pyridine rings is 1. The maximum absolute atomic E-state index is 13.3. The summed E-state index contributed by atoms with van der Waals surface area (Å²) in [5.41, 5.74) is 1.52. The fourth-order valence-electron chi connectivity index (χ4n) is 2.99. The number of carbonyl (C=O) groups excluding carboxylic acids is 2. The number of halogens is 2. The Balaban J connectivity index is 1.71. The lowest BCUT2D eigenvalue weighted by Gasteiger charge is -2.28. The Hall–Kier alpha value is -3.45. The molecule has 0 fully saturated rings. The molecule has 32 heavy (non-hydrogen) atoms. The highest BCUT2D eigenvalue weighted by Crippen LogP contribution is 2.23. The van der Waals surface area contributed by atoms with Gasteiger partial charge in [0.2, 0.25) is 5.91 Å². The van der Waals surface area contributed by atoms with Gasteiger partial charge in [-0.15, -0.1) is 0 Å². The number of aromatic nitrogens is 1. The van der Waals surface area contributed by atoms with E-state index in [0.29, 0.717) is 16.3 Å². The summed E-state index contributed by atoms with van der Waals surface area (Å²) in [5.74, 6) is -0.741. The van der Waals surface area contributed by atoms with E-state index < -0.39 is 11.9 Å². The van der Waals surface area contributed by atoms with Gasteiger partial charge in [0.25, 0.3) is 5.91 Å². The zero-order chi connectivity index (χ0) is 22.9. The van der Waals surface area contributed by atoms with Crippen LogP contribution in [0.3, 0.4) is 0 Å². The van der Waals surface area contributed by atoms with Crippen molar-refractivity contribution in [3.8, 4) is 5.75 Å². The Bertz CT molecular complexity index is 1050. The number of para-hydroxylation sites is 1. The first-order valence-electron chi connectivity index (χ1n) is 10.0. The van der Waals surface area contributed by atoms with Gasteiger partial charge < -0.3 is 15.0 Å². The summed E-state index contributed by atoms with van der Waals surface area (Å²) in [4.78, 5) is 31.2. The molecule has 8 heteroatoms. The summed E-state index contributed by atoms with van der Waals surface area (Å²) in [6, 6.07) is 15.4. The van der Waals surface area contributed by atoms with Crippen LogP contribution in [0.15, 0.2) is 73.1 Å². The molecular formula is C24H23ClFN3O3. The molecule has 0 unspecified atom stereocenters. The minimum atomic E-state index is -0.793. The van der Waals surface area contributed by atoms with E-state index in [1.54, 1.807) is 61.8 Å². The van der Waals surface area contributed by atoms with E-state index in [1.807, 2.05) is 6.07 Å². The Labute approximate surface area is 191 Å². The lowest BCUT2D eigenvalue weighted by molar-refractivity contribution is -0.142. The second-order valence-corrected chi connectivity index (χ2v) is 7.53. The minimum absolute atomic E-state index is 0.118. The zero-order valence-corrected chi connectivity index (χ0v) is 18.3. The van der Waals surface area contributed by atoms with Crippen LogP contribution in [0.2, 0.25) is 5.02 Å². The molecule has 1 atom stereocenters. The summed E-state index contributed by atoms with van der Waals surface area (Å²) < 4.78 is 18.9. The van der Waals surface area contributed by atoms with Gasteiger partial charge in [-0.05, 0) is 48.4 Å². The fourth-order valence-corrected chi connectivity index (χ4v) is 3.18. The van der Waals surface area contributed by atoms with Crippen LogP contribution in [-0.4, -0.2) is 34.3 Å². The van der Waals surface area contributed by atoms with Gasteiger partial charge in [0.05, 0.1) is 5.02 Å². The van der Waals surface area contributed by atoms with Crippen molar-refractivity contribution in [2.45, 2.75) is 26.1 Å². The van der Waals surface area contributed by atoms with Crippen molar-refractivity contribution >= 4 is 23.4 Å². The number of carbonyl (C=O) groups is 2. The molecule has 0 bridgehead atoms. The molecular weight excluding hydrogens is 433 g/mol. The van der Waals surface area contributed by atoms with E-state index in [1.165, 1.54) is 17.0 Å². The molecule has 0 radical (unpaired) electrons. The first-order valence-corrected chi connectivity index (χ1v) is 10.4. The molecule has 0 aliphatic heterocycles. The predicted molar refractivity (Wildman–Crippen MR) is 119 cm³/mol. The van der Waals surface area contributed by atoms with Crippen LogP contribution in [0.4, 0.5) is 4.39 Å². The quantitative estimate of drug-likeness (QED) is 0.529. The summed E-state index contributed by atoms with van der Waals surface area (Å²) in [5, 5.41) is 3.20. The standard InChI is InChI=1S/C24H23ClFN3O3/c1-17(24(31)28-14-19-5-4-12-27-13-19)29(15-18-8-10-20(26)11-9-18)23(30)16-32-22-7-3-2-6-21(22)25/h2-13,17H,14-16H2,1H3,(H,28,31)/t17-/m0/s1. The first-order chi connectivity index (χ1) is 15.4. The van der Waals surface area contributed by atoms with Crippen molar-refractivity contribution in [2.24, 2.45) is 0 Å². The third-order valence-electron chi connectivity index (χ3n) is 4.81. The van der Waals surface area contributed by atoms with Crippen LogP contribution in [0.1, 0.15) is 18.1 Å². The van der Waals surface area contributed by atoms with Crippen LogP contribution in [0, 0.1) is 5.82 Å². The molecule has 6 nitrogen and oxygen atoms in total. The molecule has 1 heterocycles. The summed E-state index contributed by atoms with van der Waals surface area (Å²) in [7, 11) is 0. The van der Waals surface area contributed by atoms with E-state index in [4.69, 9.17) is 16.3 Å². The fraction of sp³-hybridized carbons (Fsp3) is 0.208. The third-order valence-corrected chi connectivity index (χ3v) is 5.12. The summed E-state index contributed by atoms with van der Waals surface area (Å²) in [6.45, 7) is 1.73. The van der Waals surface area contributed by atoms with E-state index in [2.05, 4.69) is 10.3 Å². The molecule has 0 saturated carbocycles. The topological polar surface area (TPSA) is 71.5 Å². The number of hydrogen-bond donors (Lipinski definition) is 1. The maximum atomic E-state index is 13.3. The molecule has 0 spiro atoms. The third kappa shape index (κ3) is 6.52. The van der Waals surface area contributed by atoms with Crippen molar-refractivity contribution in [1.29, 1.82) is 0 Å². The molecule has 1 aromatic heterocycles. The molecule has 2 amide bonds. The lowest BCUT2D eigenvalue weighted by atomic mass is 10.1. The average Bonchev–Trinajstić information content (AvgIpc) is 2.81. The van der Waals surface area contributed by atoms with Gasteiger partial charge in [0.15, 0.2) is 6.61 Å². The van der Waals surface area contributed by atoms with Gasteiger partial charge in [-0.1, -0.05) is 41.9 Å². The number of benzene rings is 2. The van der Waals surface area contributed by atoms with E-state index in [0.717, 1.165) is 5.56 Å². The van der Waals surface area contributed by atoms with Crippen molar-refractivity contribution in [3.05, 3.63) is 95.0 Å². The molecule has 3 aromatic rings. The van der Waals surface area contributed by atoms with Gasteiger partial charge in [-0.3, -0.25) is 14.6 Å². The summed E-state index contributed by atoms with van der Waals surface area (Å²) >= 11 is 6.09. The van der Waals surface area contributed by atoms with Crippen molar-refractivity contribution < 1.29 is 18.7 Å². The highest BCUT2D eigenvalue weighted by Gasteiger charge is 2.26. The van der Waals surface area contributed by atoms with Gasteiger partial charge in [0.1, 0.15) is 17.6 Å². The maximum Gasteiger partial charge on any atom is 0.261 e. The number of ether oxygens (including phenoxy) is 1. The predicted octanol–water partition coefficient (Wildman–Crippen LogP) is 3.99. The first kappa shape index (κ1) is 23.2. The average molecular weight is 456 g/mol. The van der Waals surface area contributed by atoms with E-state index in [9.17, 15) is 14.0 Å². The summed E-state index contributed by atoms with van der Waals surface area (Å²) in [6.07, 6.45) is 3.31. The second-order valence-electron chi connectivity index (χ2n) is 7.12. The van der Waals surface area contributed by atoms with Crippen LogP contribution < -0.4 is 10.1 Å². The lowest BCUT2D eigenvalue weighted by Crippen LogP contribution is -2.48. The van der Waals surface area contributed by atoms with Crippen molar-refractivity contribution in [3.63, 3.8) is 0 Å². The number of rotatable bonds is 9. The largest absolute Gasteiger partial charge is 0.482 e. The van der Waals surface area contributed by atoms with Crippen LogP contribution in [0.25, 0.3) is 0 Å². The molecule has 166 valence electrons. The van der Waals surface area contributed by atoms with Gasteiger partial charge in [-0.2, -0.15) is 0 Å². The molecule has 1 N–H and O–H groups in total. The van der Waals surface area contributed by atoms with E-state index in [-0.39, 0.29) is 31.4 Å². The second kappa shape index (κ2) is 11.2. The number of amides is 2. The Morgan fingerprint density at radius 2 is 1.84 bits per heavy atom. The van der Waals surface area contributed by atoms with Gasteiger partial charge in [-0.25, -0.2) is 4.39 Å². The Morgan fingerprint density at radius 1 is 1.09 bits per heavy atom.